The molecule has 58 heavy (non-hydrogen) atoms. The molecule has 8 aromatic carbocycles. The van der Waals surface area contributed by atoms with Gasteiger partial charge in [-0.25, -0.2) is 4.99 Å². The zero-order valence-electron chi connectivity index (χ0n) is 31.7. The van der Waals surface area contributed by atoms with Crippen LogP contribution in [0.3, 0.4) is 0 Å². The minimum atomic E-state index is -0.196. The molecule has 2 N–H and O–H groups in total. The highest BCUT2D eigenvalue weighted by Gasteiger charge is 2.31. The van der Waals surface area contributed by atoms with E-state index in [0.717, 1.165) is 56.4 Å². The van der Waals surface area contributed by atoms with E-state index in [1.807, 2.05) is 12.1 Å². The Bertz CT molecular complexity index is 2970. The SMILES string of the molecule is c1ccc(C2=NC(c3ccccc3)NC(c3cccc(-c4cccc(N5c6ccccc6-c6c(n(-c7ccccc7)c7ccccc67)-c6ccccc65)c4)c3)N2)cc1. The monoisotopic (exact) mass is 745 g/mol. The molecule has 9 aromatic rings. The number of aromatic nitrogens is 1. The van der Waals surface area contributed by atoms with Gasteiger partial charge in [0.2, 0.25) is 0 Å². The number of nitrogens with zero attached hydrogens (tertiary/aromatic N) is 3. The minimum Gasteiger partial charge on any atom is -0.350 e. The lowest BCUT2D eigenvalue weighted by atomic mass is 9.98. The average Bonchev–Trinajstić information content (AvgIpc) is 3.59. The Morgan fingerprint density at radius 2 is 1.02 bits per heavy atom. The minimum absolute atomic E-state index is 0.158. The maximum atomic E-state index is 5.12. The van der Waals surface area contributed by atoms with Crippen molar-refractivity contribution in [2.24, 2.45) is 4.99 Å². The zero-order chi connectivity index (χ0) is 38.4. The molecule has 0 radical (unpaired) electrons. The molecular weight excluding hydrogens is 707 g/mol. The molecular formula is C53H39N5. The second-order valence-corrected chi connectivity index (χ2v) is 14.9. The smallest absolute Gasteiger partial charge is 0.131 e. The topological polar surface area (TPSA) is 44.6 Å². The van der Waals surface area contributed by atoms with Crippen LogP contribution in [0.15, 0.2) is 217 Å². The van der Waals surface area contributed by atoms with Crippen molar-refractivity contribution in [1.82, 2.24) is 15.2 Å². The van der Waals surface area contributed by atoms with Gasteiger partial charge in [-0.05, 0) is 70.8 Å². The van der Waals surface area contributed by atoms with E-state index in [2.05, 4.69) is 220 Å². The molecule has 2 atom stereocenters. The lowest BCUT2D eigenvalue weighted by Gasteiger charge is -2.32. The number of fused-ring (bicyclic) bond motifs is 7. The number of hydrogen-bond acceptors (Lipinski definition) is 4. The van der Waals surface area contributed by atoms with Crippen LogP contribution < -0.4 is 15.5 Å². The van der Waals surface area contributed by atoms with Crippen LogP contribution in [0.2, 0.25) is 0 Å². The number of nitrogens with one attached hydrogen (secondary N) is 2. The summed E-state index contributed by atoms with van der Waals surface area (Å²) in [5.41, 5.74) is 16.1. The van der Waals surface area contributed by atoms with Crippen LogP contribution in [0.4, 0.5) is 17.1 Å². The Hall–Kier alpha value is -7.47. The Kier molecular flexibility index (Phi) is 8.30. The van der Waals surface area contributed by atoms with E-state index < -0.39 is 0 Å². The van der Waals surface area contributed by atoms with Gasteiger partial charge in [0.25, 0.3) is 0 Å². The Morgan fingerprint density at radius 3 is 1.81 bits per heavy atom. The Balaban J connectivity index is 1.03. The van der Waals surface area contributed by atoms with Gasteiger partial charge >= 0.3 is 0 Å². The average molecular weight is 746 g/mol. The van der Waals surface area contributed by atoms with Crippen molar-refractivity contribution in [3.8, 4) is 39.2 Å². The van der Waals surface area contributed by atoms with Gasteiger partial charge in [0.15, 0.2) is 0 Å². The van der Waals surface area contributed by atoms with Gasteiger partial charge in [-0.3, -0.25) is 5.32 Å². The molecule has 0 spiro atoms. The first-order chi connectivity index (χ1) is 28.8. The molecule has 0 aliphatic carbocycles. The molecule has 2 aliphatic heterocycles. The molecule has 0 fully saturated rings. The summed E-state index contributed by atoms with van der Waals surface area (Å²) in [6.45, 7) is 0. The van der Waals surface area contributed by atoms with Gasteiger partial charge < -0.3 is 14.8 Å². The first-order valence-electron chi connectivity index (χ1n) is 19.9. The van der Waals surface area contributed by atoms with Crippen molar-refractivity contribution in [3.05, 3.63) is 229 Å². The van der Waals surface area contributed by atoms with Crippen molar-refractivity contribution in [3.63, 3.8) is 0 Å². The van der Waals surface area contributed by atoms with E-state index in [-0.39, 0.29) is 12.3 Å². The molecule has 5 nitrogen and oxygen atoms in total. The maximum Gasteiger partial charge on any atom is 0.131 e. The van der Waals surface area contributed by atoms with Gasteiger partial charge in [-0.2, -0.15) is 0 Å². The third-order valence-corrected chi connectivity index (χ3v) is 11.4. The zero-order valence-corrected chi connectivity index (χ0v) is 31.7. The van der Waals surface area contributed by atoms with Crippen molar-refractivity contribution in [1.29, 1.82) is 0 Å². The van der Waals surface area contributed by atoms with Gasteiger partial charge in [0.1, 0.15) is 18.2 Å². The highest BCUT2D eigenvalue weighted by atomic mass is 15.3. The molecule has 0 bridgehead atoms. The van der Waals surface area contributed by atoms with Crippen molar-refractivity contribution >= 4 is 33.8 Å². The predicted octanol–water partition coefficient (Wildman–Crippen LogP) is 12.8. The quantitative estimate of drug-likeness (QED) is 0.178. The highest BCUT2D eigenvalue weighted by molar-refractivity contribution is 6.13. The second-order valence-electron chi connectivity index (χ2n) is 14.9. The number of aliphatic imine (C=N–C) groups is 1. The van der Waals surface area contributed by atoms with Crippen LogP contribution in [-0.2, 0) is 0 Å². The fraction of sp³-hybridized carbons (Fsp3) is 0.0377. The lowest BCUT2D eigenvalue weighted by molar-refractivity contribution is 0.409. The van der Waals surface area contributed by atoms with Crippen molar-refractivity contribution < 1.29 is 0 Å². The number of benzene rings is 8. The van der Waals surface area contributed by atoms with E-state index in [9.17, 15) is 0 Å². The van der Waals surface area contributed by atoms with Gasteiger partial charge in [-0.15, -0.1) is 0 Å². The standard InChI is InChI=1S/C53H39N5/c1-4-18-36(19-5-1)51-54-52(37-20-6-2-7-21-37)56-53(55-51)40-24-16-22-38(34-40)39-23-17-27-42(35-39)57-46-31-13-10-28-43(46)49-44-29-11-14-32-47(44)58(41-25-8-3-9-26-41)50(49)45-30-12-15-33-48(45)57/h1-35,51,53,55H,(H,54,56). The molecule has 0 amide bonds. The number of para-hydroxylation sites is 4. The van der Waals surface area contributed by atoms with E-state index in [1.54, 1.807) is 0 Å². The lowest BCUT2D eigenvalue weighted by Crippen LogP contribution is -2.44. The fourth-order valence-electron chi connectivity index (χ4n) is 8.77. The van der Waals surface area contributed by atoms with Crippen LogP contribution in [0.1, 0.15) is 29.0 Å². The van der Waals surface area contributed by atoms with Crippen molar-refractivity contribution in [2.75, 3.05) is 4.90 Å². The normalized spacial score (nSPS) is 15.7. The molecule has 0 saturated carbocycles. The summed E-state index contributed by atoms with van der Waals surface area (Å²) in [6.07, 6.45) is -0.355. The molecule has 276 valence electrons. The van der Waals surface area contributed by atoms with Gasteiger partial charge in [0.05, 0.1) is 22.6 Å². The van der Waals surface area contributed by atoms with Crippen LogP contribution in [-0.4, -0.2) is 10.4 Å². The number of rotatable bonds is 6. The van der Waals surface area contributed by atoms with Crippen LogP contribution in [0.25, 0.3) is 50.1 Å². The summed E-state index contributed by atoms with van der Waals surface area (Å²) in [5.74, 6) is 0.873. The molecule has 3 heterocycles. The third-order valence-electron chi connectivity index (χ3n) is 11.4. The third kappa shape index (κ3) is 5.80. The predicted molar refractivity (Wildman–Crippen MR) is 239 cm³/mol. The Morgan fingerprint density at radius 1 is 0.448 bits per heavy atom. The molecule has 5 heteroatoms. The Labute approximate surface area is 338 Å². The number of amidine groups is 1. The van der Waals surface area contributed by atoms with E-state index in [1.165, 1.54) is 33.3 Å². The molecule has 11 rings (SSSR count). The summed E-state index contributed by atoms with van der Waals surface area (Å²) in [4.78, 5) is 7.57. The first kappa shape index (κ1) is 33.8. The van der Waals surface area contributed by atoms with Crippen molar-refractivity contribution in [2.45, 2.75) is 12.3 Å². The number of hydrogen-bond donors (Lipinski definition) is 2. The summed E-state index contributed by atoms with van der Waals surface area (Å²) in [6, 6.07) is 75.9. The van der Waals surface area contributed by atoms with Crippen LogP contribution in [0.5, 0.6) is 0 Å². The molecule has 2 aliphatic rings. The summed E-state index contributed by atoms with van der Waals surface area (Å²) >= 11 is 0. The largest absolute Gasteiger partial charge is 0.350 e. The van der Waals surface area contributed by atoms with E-state index in [0.29, 0.717) is 0 Å². The molecule has 0 saturated heterocycles. The van der Waals surface area contributed by atoms with E-state index >= 15 is 0 Å². The van der Waals surface area contributed by atoms with Gasteiger partial charge in [0, 0.05) is 39.0 Å². The van der Waals surface area contributed by atoms with Crippen LogP contribution in [0, 0.1) is 0 Å². The molecule has 1 aromatic heterocycles. The van der Waals surface area contributed by atoms with Crippen LogP contribution >= 0.6 is 0 Å². The van der Waals surface area contributed by atoms with E-state index in [4.69, 9.17) is 4.99 Å². The number of anilines is 3. The van der Waals surface area contributed by atoms with Gasteiger partial charge in [-0.1, -0.05) is 164 Å². The summed E-state index contributed by atoms with van der Waals surface area (Å²) in [5, 5.41) is 8.74. The summed E-state index contributed by atoms with van der Waals surface area (Å²) < 4.78 is 2.44. The summed E-state index contributed by atoms with van der Waals surface area (Å²) in [7, 11) is 0. The second kappa shape index (κ2) is 14.2. The first-order valence-corrected chi connectivity index (χ1v) is 19.9. The molecule has 2 unspecified atom stereocenters. The highest BCUT2D eigenvalue weighted by Crippen LogP contribution is 2.54. The maximum absolute atomic E-state index is 5.12. The fourth-order valence-corrected chi connectivity index (χ4v) is 8.77.